The van der Waals surface area contributed by atoms with Gasteiger partial charge in [-0.05, 0) is 43.4 Å². The second kappa shape index (κ2) is 10.4. The fraction of sp³-hybridized carbons (Fsp3) is 0.846. The summed E-state index contributed by atoms with van der Waals surface area (Å²) in [6, 6.07) is 1.02. The molecule has 2 unspecified atom stereocenters. The van der Waals surface area contributed by atoms with Crippen LogP contribution in [0.15, 0.2) is 0 Å². The van der Waals surface area contributed by atoms with E-state index in [9.17, 15) is 19.6 Å². The molecule has 7 heteroatoms. The van der Waals surface area contributed by atoms with E-state index >= 15 is 0 Å². The lowest BCUT2D eigenvalue weighted by molar-refractivity contribution is -0.143. The van der Waals surface area contributed by atoms with E-state index in [4.69, 9.17) is 0 Å². The molecule has 2 heterocycles. The summed E-state index contributed by atoms with van der Waals surface area (Å²) in [6.45, 7) is 8.61. The number of nitrogens with one attached hydrogen (secondary N) is 2. The van der Waals surface area contributed by atoms with Crippen LogP contribution < -0.4 is 10.6 Å². The van der Waals surface area contributed by atoms with Crippen LogP contribution in [0.5, 0.6) is 0 Å². The van der Waals surface area contributed by atoms with Gasteiger partial charge in [-0.15, -0.1) is 0 Å². The van der Waals surface area contributed by atoms with E-state index in [2.05, 4.69) is 37.5 Å². The Morgan fingerprint density at radius 1 is 1.21 bits per heavy atom. The number of fused-ring (bicyclic) bond motifs is 2. The molecular formula is C26H42N4O3. The van der Waals surface area contributed by atoms with Crippen molar-refractivity contribution in [3.8, 4) is 6.07 Å². The zero-order valence-corrected chi connectivity index (χ0v) is 20.9. The molecule has 0 spiro atoms. The van der Waals surface area contributed by atoms with Crippen LogP contribution in [0.2, 0.25) is 0 Å². The molecular weight excluding hydrogens is 416 g/mol. The van der Waals surface area contributed by atoms with Gasteiger partial charge < -0.3 is 15.5 Å². The summed E-state index contributed by atoms with van der Waals surface area (Å²) >= 11 is 0. The number of nitriles is 1. The molecule has 0 aromatic carbocycles. The molecule has 2 bridgehead atoms. The van der Waals surface area contributed by atoms with Gasteiger partial charge >= 0.3 is 0 Å². The number of rotatable bonds is 5. The molecule has 1 saturated carbocycles. The van der Waals surface area contributed by atoms with Crippen LogP contribution in [0.3, 0.4) is 0 Å². The van der Waals surface area contributed by atoms with Gasteiger partial charge in [0.05, 0.1) is 11.5 Å². The molecule has 33 heavy (non-hydrogen) atoms. The summed E-state index contributed by atoms with van der Waals surface area (Å²) in [5, 5.41) is 15.6. The topological polar surface area (TPSA) is 102 Å². The number of hydrogen-bond acceptors (Lipinski definition) is 4. The highest BCUT2D eigenvalue weighted by Gasteiger charge is 2.48. The first-order valence-electron chi connectivity index (χ1n) is 12.8. The number of likely N-dealkylation sites (tertiary alicyclic amines) is 1. The quantitative estimate of drug-likeness (QED) is 0.656. The Morgan fingerprint density at radius 2 is 1.88 bits per heavy atom. The summed E-state index contributed by atoms with van der Waals surface area (Å²) in [4.78, 5) is 41.3. The van der Waals surface area contributed by atoms with Crippen molar-refractivity contribution >= 4 is 17.7 Å². The molecule has 3 aliphatic rings. The molecule has 7 nitrogen and oxygen atoms in total. The number of amides is 3. The Morgan fingerprint density at radius 3 is 2.48 bits per heavy atom. The van der Waals surface area contributed by atoms with Crippen molar-refractivity contribution in [3.63, 3.8) is 0 Å². The number of carbonyl (C=O) groups excluding carboxylic acids is 3. The van der Waals surface area contributed by atoms with Crippen LogP contribution in [0.25, 0.3) is 0 Å². The third-order valence-electron chi connectivity index (χ3n) is 7.70. The van der Waals surface area contributed by atoms with E-state index in [1.807, 2.05) is 11.8 Å². The summed E-state index contributed by atoms with van der Waals surface area (Å²) in [6.07, 6.45) is 9.80. The van der Waals surface area contributed by atoms with E-state index in [1.165, 1.54) is 19.3 Å². The van der Waals surface area contributed by atoms with Crippen LogP contribution in [-0.2, 0) is 14.4 Å². The maximum Gasteiger partial charge on any atom is 0.244 e. The van der Waals surface area contributed by atoms with Crippen molar-refractivity contribution in [3.05, 3.63) is 0 Å². The second-order valence-corrected chi connectivity index (χ2v) is 11.9. The van der Waals surface area contributed by atoms with Gasteiger partial charge in [0.15, 0.2) is 0 Å². The van der Waals surface area contributed by atoms with E-state index in [0.29, 0.717) is 19.4 Å². The number of hydrogen-bond donors (Lipinski definition) is 2. The van der Waals surface area contributed by atoms with Gasteiger partial charge in [-0.25, -0.2) is 0 Å². The fourth-order valence-corrected chi connectivity index (χ4v) is 5.95. The molecule has 0 aromatic heterocycles. The zero-order valence-electron chi connectivity index (χ0n) is 20.9. The van der Waals surface area contributed by atoms with Crippen molar-refractivity contribution in [2.24, 2.45) is 16.7 Å². The van der Waals surface area contributed by atoms with Crippen molar-refractivity contribution < 1.29 is 14.4 Å². The number of nitrogens with zero attached hydrogens (tertiary/aromatic N) is 2. The SMILES string of the molecule is CC(C)(C)CC(=O)N1C2CCCCCCCC(C2)[C@H]1C(=O)N[C@H](C#N)C[C@]1(C)CCNC1=O. The molecule has 3 fully saturated rings. The highest BCUT2D eigenvalue weighted by molar-refractivity contribution is 5.89. The Labute approximate surface area is 199 Å². The molecule has 0 aromatic rings. The highest BCUT2D eigenvalue weighted by Crippen LogP contribution is 2.39. The summed E-state index contributed by atoms with van der Waals surface area (Å²) < 4.78 is 0. The summed E-state index contributed by atoms with van der Waals surface area (Å²) in [5.41, 5.74) is -0.805. The van der Waals surface area contributed by atoms with E-state index < -0.39 is 17.5 Å². The summed E-state index contributed by atoms with van der Waals surface area (Å²) in [7, 11) is 0. The van der Waals surface area contributed by atoms with Gasteiger partial charge in [0, 0.05) is 19.0 Å². The van der Waals surface area contributed by atoms with Crippen molar-refractivity contribution in [1.29, 1.82) is 5.26 Å². The van der Waals surface area contributed by atoms with Crippen molar-refractivity contribution in [1.82, 2.24) is 15.5 Å². The molecule has 184 valence electrons. The average molecular weight is 459 g/mol. The Hall–Kier alpha value is -2.10. The third-order valence-corrected chi connectivity index (χ3v) is 7.70. The van der Waals surface area contributed by atoms with E-state index in [0.717, 1.165) is 32.1 Å². The van der Waals surface area contributed by atoms with Gasteiger partial charge in [0.1, 0.15) is 12.1 Å². The molecule has 0 radical (unpaired) electrons. The maximum atomic E-state index is 13.6. The third kappa shape index (κ3) is 6.28. The van der Waals surface area contributed by atoms with Crippen LogP contribution in [0.4, 0.5) is 0 Å². The Bertz CT molecular complexity index is 783. The van der Waals surface area contributed by atoms with E-state index in [1.54, 1.807) is 0 Å². The lowest BCUT2D eigenvalue weighted by Gasteiger charge is -2.34. The van der Waals surface area contributed by atoms with Crippen LogP contribution >= 0.6 is 0 Å². The molecule has 2 saturated heterocycles. The first-order valence-corrected chi connectivity index (χ1v) is 12.8. The maximum absolute atomic E-state index is 13.6. The van der Waals surface area contributed by atoms with Gasteiger partial charge in [0.2, 0.25) is 17.7 Å². The predicted molar refractivity (Wildman–Crippen MR) is 127 cm³/mol. The van der Waals surface area contributed by atoms with Gasteiger partial charge in [-0.2, -0.15) is 5.26 Å². The molecule has 2 N–H and O–H groups in total. The van der Waals surface area contributed by atoms with Crippen molar-refractivity contribution in [2.45, 2.75) is 116 Å². The standard InChI is InChI=1S/C26H42N4O3/c1-25(2,3)16-21(31)30-20-11-9-7-5-6-8-10-18(14-20)22(30)23(32)29-19(17-27)15-26(4)12-13-28-24(26)33/h18-20,22H,5-16H2,1-4H3,(H,28,33)(H,29,32)/t18?,19-,20?,22-,26-/m0/s1. The predicted octanol–water partition coefficient (Wildman–Crippen LogP) is 3.68. The zero-order chi connectivity index (χ0) is 24.2. The van der Waals surface area contributed by atoms with Crippen LogP contribution in [0, 0.1) is 28.1 Å². The van der Waals surface area contributed by atoms with Gasteiger partial charge in [-0.1, -0.05) is 59.8 Å². The average Bonchev–Trinajstić information content (AvgIpc) is 3.24. The first-order chi connectivity index (χ1) is 15.5. The smallest absolute Gasteiger partial charge is 0.244 e. The Balaban J connectivity index is 1.81. The minimum Gasteiger partial charge on any atom is -0.356 e. The fourth-order valence-electron chi connectivity index (χ4n) is 5.95. The second-order valence-electron chi connectivity index (χ2n) is 11.9. The minimum atomic E-state index is -0.749. The minimum absolute atomic E-state index is 0.0463. The Kier molecular flexibility index (Phi) is 8.08. The first kappa shape index (κ1) is 25.5. The van der Waals surface area contributed by atoms with Crippen LogP contribution in [0.1, 0.15) is 98.3 Å². The lowest BCUT2D eigenvalue weighted by Crippen LogP contribution is -2.53. The molecule has 3 amide bonds. The number of carbonyl (C=O) groups is 3. The monoisotopic (exact) mass is 458 g/mol. The molecule has 5 atom stereocenters. The van der Waals surface area contributed by atoms with Gasteiger partial charge in [-0.3, -0.25) is 14.4 Å². The summed E-state index contributed by atoms with van der Waals surface area (Å²) in [5.74, 6) is -0.111. The highest BCUT2D eigenvalue weighted by atomic mass is 16.2. The van der Waals surface area contributed by atoms with Gasteiger partial charge in [0.25, 0.3) is 0 Å². The molecule has 3 rings (SSSR count). The lowest BCUT2D eigenvalue weighted by atomic mass is 9.82. The molecule has 1 aliphatic carbocycles. The normalized spacial score (nSPS) is 31.4. The van der Waals surface area contributed by atoms with Crippen LogP contribution in [-0.4, -0.2) is 47.3 Å². The van der Waals surface area contributed by atoms with Crippen molar-refractivity contribution in [2.75, 3.05) is 6.54 Å². The van der Waals surface area contributed by atoms with E-state index in [-0.39, 0.29) is 41.5 Å². The largest absolute Gasteiger partial charge is 0.356 e. The molecule has 2 aliphatic heterocycles.